The van der Waals surface area contributed by atoms with Crippen LogP contribution in [0.3, 0.4) is 0 Å². The number of amides is 1. The summed E-state index contributed by atoms with van der Waals surface area (Å²) in [5.41, 5.74) is 0.781. The number of benzene rings is 1. The average molecular weight is 502 g/mol. The molecule has 1 amide bonds. The molecule has 168 valence electrons. The topological polar surface area (TPSA) is 101 Å². The third-order valence-corrected chi connectivity index (χ3v) is 6.58. The number of rotatable bonds is 6. The van der Waals surface area contributed by atoms with Gasteiger partial charge in [0.05, 0.1) is 11.3 Å². The molecule has 1 aromatic carbocycles. The van der Waals surface area contributed by atoms with Gasteiger partial charge in [0, 0.05) is 17.8 Å². The third kappa shape index (κ3) is 4.77. The Morgan fingerprint density at radius 2 is 2.09 bits per heavy atom. The molecule has 1 fully saturated rings. The van der Waals surface area contributed by atoms with Crippen LogP contribution in [0.25, 0.3) is 11.7 Å². The van der Waals surface area contributed by atoms with Gasteiger partial charge in [0.25, 0.3) is 11.5 Å². The summed E-state index contributed by atoms with van der Waals surface area (Å²) in [4.78, 5) is 42.8. The number of thioether (sulfide) groups is 1. The lowest BCUT2D eigenvalue weighted by molar-refractivity contribution is -0.137. The van der Waals surface area contributed by atoms with E-state index in [-0.39, 0.29) is 33.6 Å². The fourth-order valence-corrected chi connectivity index (χ4v) is 4.52. The molecule has 11 heteroatoms. The molecule has 3 aromatic rings. The number of nitrogens with zero attached hydrogens (tertiary/aromatic N) is 3. The van der Waals surface area contributed by atoms with Gasteiger partial charge in [0.15, 0.2) is 0 Å². The molecule has 33 heavy (non-hydrogen) atoms. The largest absolute Gasteiger partial charge is 0.481 e. The fraction of sp³-hybridized carbons (Fsp3) is 0.136. The van der Waals surface area contributed by atoms with E-state index in [4.69, 9.17) is 33.7 Å². The van der Waals surface area contributed by atoms with Crippen molar-refractivity contribution in [3.05, 3.63) is 74.0 Å². The minimum absolute atomic E-state index is 0.0173. The molecule has 1 N–H and O–H groups in total. The smallest absolute Gasteiger partial charge is 0.305 e. The number of carboxylic acid groups (broad SMARTS) is 1. The zero-order valence-electron chi connectivity index (χ0n) is 17.1. The van der Waals surface area contributed by atoms with Crippen LogP contribution in [-0.2, 0) is 9.59 Å². The quantitative estimate of drug-likeness (QED) is 0.397. The third-order valence-electron chi connectivity index (χ3n) is 4.78. The predicted octanol–water partition coefficient (Wildman–Crippen LogP) is 4.12. The number of thiocarbonyl (C=S) groups is 1. The first kappa shape index (κ1) is 23.0. The minimum Gasteiger partial charge on any atom is -0.481 e. The van der Waals surface area contributed by atoms with E-state index in [1.165, 1.54) is 15.4 Å². The van der Waals surface area contributed by atoms with E-state index in [0.717, 1.165) is 17.3 Å². The van der Waals surface area contributed by atoms with Gasteiger partial charge in [-0.05, 0) is 48.9 Å². The Kier molecular flexibility index (Phi) is 6.50. The molecular weight excluding hydrogens is 486 g/mol. The number of carbonyl (C=O) groups excluding carboxylic acids is 1. The molecule has 0 aliphatic carbocycles. The molecule has 2 aromatic heterocycles. The summed E-state index contributed by atoms with van der Waals surface area (Å²) in [7, 11) is 0. The van der Waals surface area contributed by atoms with Gasteiger partial charge >= 0.3 is 5.97 Å². The Hall–Kier alpha value is -3.21. The highest BCUT2D eigenvalue weighted by atomic mass is 35.5. The number of hydrogen-bond acceptors (Lipinski definition) is 7. The van der Waals surface area contributed by atoms with Crippen LogP contribution in [0.1, 0.15) is 17.5 Å². The molecular formula is C22H16ClN3O5S2. The van der Waals surface area contributed by atoms with Crippen LogP contribution in [0.4, 0.5) is 0 Å². The second kappa shape index (κ2) is 9.34. The average Bonchev–Trinajstić information content (AvgIpc) is 3.04. The minimum atomic E-state index is -1.04. The lowest BCUT2D eigenvalue weighted by Gasteiger charge is -2.12. The Morgan fingerprint density at radius 1 is 1.30 bits per heavy atom. The van der Waals surface area contributed by atoms with Crippen LogP contribution in [0, 0.1) is 6.92 Å². The summed E-state index contributed by atoms with van der Waals surface area (Å²) in [6.45, 7) is 1.76. The van der Waals surface area contributed by atoms with Crippen molar-refractivity contribution < 1.29 is 19.4 Å². The molecule has 0 atom stereocenters. The van der Waals surface area contributed by atoms with E-state index in [2.05, 4.69) is 4.98 Å². The summed E-state index contributed by atoms with van der Waals surface area (Å²) in [6.07, 6.45) is 2.70. The normalized spacial score (nSPS) is 15.0. The van der Waals surface area contributed by atoms with E-state index in [1.54, 1.807) is 42.6 Å². The molecule has 0 radical (unpaired) electrons. The van der Waals surface area contributed by atoms with E-state index in [9.17, 15) is 14.4 Å². The highest BCUT2D eigenvalue weighted by Gasteiger charge is 2.33. The molecule has 1 aliphatic rings. The second-order valence-corrected chi connectivity index (χ2v) is 9.14. The van der Waals surface area contributed by atoms with Crippen molar-refractivity contribution in [3.8, 4) is 11.6 Å². The molecule has 0 bridgehead atoms. The molecule has 4 rings (SSSR count). The summed E-state index contributed by atoms with van der Waals surface area (Å²) in [6, 6.07) is 10.1. The maximum Gasteiger partial charge on any atom is 0.305 e. The highest BCUT2D eigenvalue weighted by molar-refractivity contribution is 8.26. The van der Waals surface area contributed by atoms with Crippen LogP contribution in [0.15, 0.2) is 52.3 Å². The predicted molar refractivity (Wildman–Crippen MR) is 130 cm³/mol. The fourth-order valence-electron chi connectivity index (χ4n) is 3.11. The van der Waals surface area contributed by atoms with Gasteiger partial charge in [-0.25, -0.2) is 0 Å². The van der Waals surface area contributed by atoms with Gasteiger partial charge in [-0.1, -0.05) is 41.6 Å². The molecule has 1 saturated heterocycles. The number of aromatic nitrogens is 2. The molecule has 3 heterocycles. The number of hydrogen-bond donors (Lipinski definition) is 1. The monoisotopic (exact) mass is 501 g/mol. The zero-order valence-corrected chi connectivity index (χ0v) is 19.5. The molecule has 0 unspecified atom stereocenters. The first-order valence-electron chi connectivity index (χ1n) is 9.67. The summed E-state index contributed by atoms with van der Waals surface area (Å²) >= 11 is 12.3. The van der Waals surface area contributed by atoms with E-state index in [1.807, 2.05) is 6.92 Å². The van der Waals surface area contributed by atoms with Crippen molar-refractivity contribution in [1.82, 2.24) is 14.3 Å². The maximum absolute atomic E-state index is 13.3. The van der Waals surface area contributed by atoms with Crippen molar-refractivity contribution >= 4 is 63.5 Å². The highest BCUT2D eigenvalue weighted by Crippen LogP contribution is 2.34. The summed E-state index contributed by atoms with van der Waals surface area (Å²) < 4.78 is 7.50. The summed E-state index contributed by atoms with van der Waals surface area (Å²) in [5.74, 6) is -1.08. The molecule has 0 spiro atoms. The second-order valence-electron chi connectivity index (χ2n) is 7.05. The lowest BCUT2D eigenvalue weighted by atomic mass is 10.2. The first-order chi connectivity index (χ1) is 15.7. The van der Waals surface area contributed by atoms with Crippen LogP contribution in [-0.4, -0.2) is 42.1 Å². The number of ether oxygens (including phenoxy) is 1. The Labute approximate surface area is 202 Å². The molecule has 1 aliphatic heterocycles. The van der Waals surface area contributed by atoms with Crippen LogP contribution < -0.4 is 10.3 Å². The van der Waals surface area contributed by atoms with E-state index in [0.29, 0.717) is 16.4 Å². The van der Waals surface area contributed by atoms with Crippen molar-refractivity contribution in [2.45, 2.75) is 13.3 Å². The van der Waals surface area contributed by atoms with Gasteiger partial charge in [-0.15, -0.1) is 0 Å². The molecule has 0 saturated carbocycles. The number of aliphatic carboxylic acids is 1. The lowest BCUT2D eigenvalue weighted by Crippen LogP contribution is -2.30. The standard InChI is InChI=1S/C22H16ClN3O5S2/c1-12-10-13(5-6-15(12)23)31-19-14(20(29)25-8-3-2-4-17(25)24-19)11-16-21(30)26(22(32)33-16)9-7-18(27)28/h2-6,8,10-11H,7,9H2,1H3,(H,27,28)/b16-11+. The van der Waals surface area contributed by atoms with Crippen LogP contribution >= 0.6 is 35.6 Å². The number of halogens is 1. The van der Waals surface area contributed by atoms with Crippen molar-refractivity contribution in [2.75, 3.05) is 6.54 Å². The van der Waals surface area contributed by atoms with Gasteiger partial charge in [0.1, 0.15) is 21.3 Å². The van der Waals surface area contributed by atoms with Gasteiger partial charge < -0.3 is 9.84 Å². The number of pyridine rings is 1. The SMILES string of the molecule is Cc1cc(Oc2nc3ccccn3c(=O)c2/C=C2/SC(=S)N(CCC(=O)O)C2=O)ccc1Cl. The van der Waals surface area contributed by atoms with E-state index >= 15 is 0 Å². The number of carboxylic acids is 1. The maximum atomic E-state index is 13.3. The Bertz CT molecular complexity index is 1400. The van der Waals surface area contributed by atoms with Crippen molar-refractivity contribution in [1.29, 1.82) is 0 Å². The first-order valence-corrected chi connectivity index (χ1v) is 11.3. The zero-order chi connectivity index (χ0) is 23.7. The Morgan fingerprint density at radius 3 is 2.82 bits per heavy atom. The van der Waals surface area contributed by atoms with Gasteiger partial charge in [-0.3, -0.25) is 23.7 Å². The van der Waals surface area contributed by atoms with Crippen LogP contribution in [0.5, 0.6) is 11.6 Å². The Balaban J connectivity index is 1.80. The number of aryl methyl sites for hydroxylation is 1. The van der Waals surface area contributed by atoms with E-state index < -0.39 is 17.4 Å². The number of carbonyl (C=O) groups is 2. The molecule has 8 nitrogen and oxygen atoms in total. The van der Waals surface area contributed by atoms with Crippen molar-refractivity contribution in [3.63, 3.8) is 0 Å². The number of fused-ring (bicyclic) bond motifs is 1. The van der Waals surface area contributed by atoms with Gasteiger partial charge in [-0.2, -0.15) is 4.98 Å². The van der Waals surface area contributed by atoms with Crippen LogP contribution in [0.2, 0.25) is 5.02 Å². The van der Waals surface area contributed by atoms with Crippen molar-refractivity contribution in [2.24, 2.45) is 0 Å². The van der Waals surface area contributed by atoms with Gasteiger partial charge in [0.2, 0.25) is 5.88 Å². The summed E-state index contributed by atoms with van der Waals surface area (Å²) in [5, 5.41) is 9.49.